The molecule has 0 aliphatic carbocycles. The van der Waals surface area contributed by atoms with Crippen LogP contribution in [-0.2, 0) is 0 Å². The third-order valence-corrected chi connectivity index (χ3v) is 3.31. The normalized spacial score (nSPS) is 10.7. The summed E-state index contributed by atoms with van der Waals surface area (Å²) in [6.45, 7) is 3.26. The number of primary amides is 1. The van der Waals surface area contributed by atoms with E-state index in [0.717, 1.165) is 4.73 Å². The van der Waals surface area contributed by atoms with Crippen molar-refractivity contribution in [1.82, 2.24) is 9.71 Å². The number of rotatable bonds is 3. The van der Waals surface area contributed by atoms with Crippen molar-refractivity contribution in [1.29, 1.82) is 0 Å². The van der Waals surface area contributed by atoms with E-state index >= 15 is 0 Å². The van der Waals surface area contributed by atoms with Gasteiger partial charge in [-0.25, -0.2) is 4.98 Å². The first-order valence-electron chi connectivity index (χ1n) is 6.37. The van der Waals surface area contributed by atoms with E-state index in [1.807, 2.05) is 0 Å². The van der Waals surface area contributed by atoms with Crippen LogP contribution in [0.2, 0.25) is 0 Å². The number of fused-ring (bicyclic) bond motifs is 1. The number of nitrogens with two attached hydrogens (primary N) is 1. The number of hydrogen-bond donors (Lipinski definition) is 2. The van der Waals surface area contributed by atoms with E-state index in [2.05, 4.69) is 11.7 Å². The third-order valence-electron chi connectivity index (χ3n) is 3.31. The maximum atomic E-state index is 11.2. The molecule has 0 bridgehead atoms. The molecule has 0 radical (unpaired) electrons. The molecule has 22 heavy (non-hydrogen) atoms. The zero-order valence-corrected chi connectivity index (χ0v) is 11.4. The Hall–Kier alpha value is -3.35. The first-order valence-corrected chi connectivity index (χ1v) is 6.37. The Morgan fingerprint density at radius 3 is 2.77 bits per heavy atom. The second-order valence-electron chi connectivity index (χ2n) is 4.74. The summed E-state index contributed by atoms with van der Waals surface area (Å²) in [5.41, 5.74) is 7.26. The van der Waals surface area contributed by atoms with Crippen LogP contribution in [0.25, 0.3) is 22.4 Å². The summed E-state index contributed by atoms with van der Waals surface area (Å²) in [6.07, 6.45) is 0. The minimum atomic E-state index is -0.566. The molecule has 1 heterocycles. The molecule has 0 atom stereocenters. The molecule has 0 aliphatic heterocycles. The van der Waals surface area contributed by atoms with Crippen LogP contribution in [0.15, 0.2) is 42.5 Å². The Kier molecular flexibility index (Phi) is 3.03. The molecule has 3 aromatic rings. The highest BCUT2D eigenvalue weighted by atomic mass is 16.5. The van der Waals surface area contributed by atoms with E-state index in [1.54, 1.807) is 36.4 Å². The number of carbonyl (C=O) groups is 1. The van der Waals surface area contributed by atoms with Crippen LogP contribution in [0.3, 0.4) is 0 Å². The fraction of sp³-hybridized carbons (Fsp3) is 0. The highest BCUT2D eigenvalue weighted by molar-refractivity contribution is 5.94. The fourth-order valence-corrected chi connectivity index (χ4v) is 2.21. The predicted octanol–water partition coefficient (Wildman–Crippen LogP) is 1.88. The monoisotopic (exact) mass is 296 g/mol. The van der Waals surface area contributed by atoms with Crippen molar-refractivity contribution in [3.05, 3.63) is 53.2 Å². The van der Waals surface area contributed by atoms with Gasteiger partial charge in [0.1, 0.15) is 12.2 Å². The van der Waals surface area contributed by atoms with Gasteiger partial charge in [-0.05, 0) is 18.2 Å². The summed E-state index contributed by atoms with van der Waals surface area (Å²) in [5, 5.41) is 21.5. The summed E-state index contributed by atoms with van der Waals surface area (Å²) in [4.78, 5) is 15.5. The Balaban J connectivity index is 2.19. The van der Waals surface area contributed by atoms with Crippen molar-refractivity contribution in [2.45, 2.75) is 0 Å². The van der Waals surface area contributed by atoms with Crippen LogP contribution in [-0.4, -0.2) is 32.3 Å². The average molecular weight is 296 g/mol. The summed E-state index contributed by atoms with van der Waals surface area (Å²) in [6, 6.07) is 11.1. The van der Waals surface area contributed by atoms with Gasteiger partial charge in [0.2, 0.25) is 11.6 Å². The highest BCUT2D eigenvalue weighted by Gasteiger charge is 2.15. The first kappa shape index (κ1) is 13.6. The van der Waals surface area contributed by atoms with Crippen molar-refractivity contribution in [2.24, 2.45) is 5.73 Å². The summed E-state index contributed by atoms with van der Waals surface area (Å²) in [5.74, 6) is -0.319. The Bertz CT molecular complexity index is 914. The minimum absolute atomic E-state index is 0.247. The lowest BCUT2D eigenvalue weighted by Gasteiger charge is -2.03. The molecule has 0 spiro atoms. The van der Waals surface area contributed by atoms with Gasteiger partial charge in [-0.15, -0.1) is 0 Å². The lowest BCUT2D eigenvalue weighted by Crippen LogP contribution is -2.10. The Labute approximate surface area is 125 Å². The van der Waals surface area contributed by atoms with Gasteiger partial charge in [-0.3, -0.25) is 4.79 Å². The number of aromatic nitrogens is 2. The molecule has 0 fully saturated rings. The van der Waals surface area contributed by atoms with Crippen LogP contribution in [0, 0.1) is 5.21 Å². The van der Waals surface area contributed by atoms with E-state index < -0.39 is 5.91 Å². The van der Waals surface area contributed by atoms with Crippen LogP contribution in [0.4, 0.5) is 5.69 Å². The summed E-state index contributed by atoms with van der Waals surface area (Å²) < 4.78 is 1.31. The Morgan fingerprint density at radius 1 is 1.32 bits per heavy atom. The number of imidazole rings is 1. The van der Waals surface area contributed by atoms with Crippen molar-refractivity contribution >= 4 is 29.3 Å². The topological polar surface area (TPSA) is 107 Å². The molecule has 7 heteroatoms. The first-order chi connectivity index (χ1) is 10.5. The zero-order chi connectivity index (χ0) is 15.9. The van der Waals surface area contributed by atoms with Crippen molar-refractivity contribution in [3.63, 3.8) is 0 Å². The predicted molar refractivity (Wildman–Crippen MR) is 81.3 cm³/mol. The van der Waals surface area contributed by atoms with Crippen LogP contribution in [0.5, 0.6) is 0 Å². The summed E-state index contributed by atoms with van der Waals surface area (Å²) >= 11 is 0. The minimum Gasteiger partial charge on any atom is -0.619 e. The van der Waals surface area contributed by atoms with Gasteiger partial charge in [0.15, 0.2) is 5.82 Å². The molecule has 7 nitrogen and oxygen atoms in total. The number of hydrogen-bond acceptors (Lipinski definition) is 4. The molecule has 110 valence electrons. The van der Waals surface area contributed by atoms with E-state index in [0.29, 0.717) is 32.6 Å². The smallest absolute Gasteiger partial charge is 0.248 e. The molecule has 3 rings (SSSR count). The number of benzene rings is 2. The SMILES string of the molecule is C=[N+]([O-])c1ccc2nc(-c3cccc(C(N)=O)c3)n(O)c2c1. The third kappa shape index (κ3) is 2.14. The average Bonchev–Trinajstić information content (AvgIpc) is 2.84. The van der Waals surface area contributed by atoms with Crippen LogP contribution >= 0.6 is 0 Å². The molecule has 0 saturated heterocycles. The fourth-order valence-electron chi connectivity index (χ4n) is 2.21. The maximum Gasteiger partial charge on any atom is 0.248 e. The van der Waals surface area contributed by atoms with Gasteiger partial charge in [0, 0.05) is 23.3 Å². The highest BCUT2D eigenvalue weighted by Crippen LogP contribution is 2.26. The molecular formula is C15H12N4O3. The van der Waals surface area contributed by atoms with E-state index in [4.69, 9.17) is 5.73 Å². The molecule has 0 unspecified atom stereocenters. The van der Waals surface area contributed by atoms with E-state index in [-0.39, 0.29) is 5.82 Å². The van der Waals surface area contributed by atoms with Crippen molar-refractivity contribution in [2.75, 3.05) is 0 Å². The van der Waals surface area contributed by atoms with Gasteiger partial charge >= 0.3 is 0 Å². The molecular weight excluding hydrogens is 284 g/mol. The molecule has 0 aliphatic rings. The Morgan fingerprint density at radius 2 is 2.09 bits per heavy atom. The van der Waals surface area contributed by atoms with Gasteiger partial charge in [-0.2, -0.15) is 9.47 Å². The van der Waals surface area contributed by atoms with E-state index in [9.17, 15) is 15.2 Å². The van der Waals surface area contributed by atoms with E-state index in [1.165, 1.54) is 6.07 Å². The largest absolute Gasteiger partial charge is 0.619 e. The molecule has 2 aromatic carbocycles. The van der Waals surface area contributed by atoms with Gasteiger partial charge in [-0.1, -0.05) is 12.1 Å². The summed E-state index contributed by atoms with van der Waals surface area (Å²) in [7, 11) is 0. The number of nitrogens with zero attached hydrogens (tertiary/aromatic N) is 3. The lowest BCUT2D eigenvalue weighted by atomic mass is 10.1. The van der Waals surface area contributed by atoms with Gasteiger partial charge in [0.05, 0.1) is 5.52 Å². The van der Waals surface area contributed by atoms with Crippen molar-refractivity contribution in [3.8, 4) is 11.4 Å². The number of carbonyl (C=O) groups excluding carboxylic acids is 1. The molecule has 3 N–H and O–H groups in total. The second-order valence-corrected chi connectivity index (χ2v) is 4.74. The quantitative estimate of drug-likeness (QED) is 0.253. The van der Waals surface area contributed by atoms with Gasteiger partial charge in [0.25, 0.3) is 0 Å². The van der Waals surface area contributed by atoms with Crippen LogP contribution < -0.4 is 5.73 Å². The lowest BCUT2D eigenvalue weighted by molar-refractivity contribution is -0.349. The molecule has 1 amide bonds. The standard InChI is InChI=1S/C15H12N4O3/c1-18(21)11-5-6-12-13(8-11)19(22)15(17-12)10-4-2-3-9(7-10)14(16)20/h2-8,22H,1H2,(H2,16,20). The maximum absolute atomic E-state index is 11.2. The molecule has 1 aromatic heterocycles. The van der Waals surface area contributed by atoms with Gasteiger partial charge < -0.3 is 16.1 Å². The van der Waals surface area contributed by atoms with Crippen molar-refractivity contribution < 1.29 is 14.7 Å². The second kappa shape index (κ2) is 4.88. The van der Waals surface area contributed by atoms with Crippen LogP contribution in [0.1, 0.15) is 10.4 Å². The molecule has 0 saturated carbocycles. The zero-order valence-electron chi connectivity index (χ0n) is 11.4. The number of amides is 1.